The van der Waals surface area contributed by atoms with E-state index in [1.165, 1.54) is 0 Å². The number of hydrogen-bond donors (Lipinski definition) is 2. The molecule has 0 bridgehead atoms. The van der Waals surface area contributed by atoms with Gasteiger partial charge < -0.3 is 20.3 Å². The molecule has 1 aliphatic heterocycles. The second kappa shape index (κ2) is 11.1. The van der Waals surface area contributed by atoms with Gasteiger partial charge in [-0.05, 0) is 73.4 Å². The molecule has 7 heteroatoms. The average molecular weight is 486 g/mol. The van der Waals surface area contributed by atoms with Crippen LogP contribution in [-0.2, 0) is 20.9 Å². The molecule has 0 unspecified atom stereocenters. The predicted molar refractivity (Wildman–Crippen MR) is 140 cm³/mol. The molecule has 36 heavy (non-hydrogen) atoms. The Balaban J connectivity index is 1.28. The van der Waals surface area contributed by atoms with Crippen LogP contribution < -0.4 is 20.3 Å². The van der Waals surface area contributed by atoms with E-state index in [2.05, 4.69) is 10.6 Å². The van der Waals surface area contributed by atoms with E-state index in [1.54, 1.807) is 29.2 Å². The van der Waals surface area contributed by atoms with Crippen LogP contribution in [0.15, 0.2) is 66.7 Å². The average Bonchev–Trinajstić information content (AvgIpc) is 3.26. The maximum Gasteiger partial charge on any atom is 0.262 e. The number of benzene rings is 3. The van der Waals surface area contributed by atoms with E-state index in [4.69, 9.17) is 4.74 Å². The molecule has 0 aliphatic carbocycles. The molecule has 0 aromatic heterocycles. The van der Waals surface area contributed by atoms with Crippen LogP contribution >= 0.6 is 0 Å². The summed E-state index contributed by atoms with van der Waals surface area (Å²) >= 11 is 0. The summed E-state index contributed by atoms with van der Waals surface area (Å²) in [6.45, 7) is 6.56. The number of rotatable bonds is 8. The third-order valence-electron chi connectivity index (χ3n) is 6.40. The van der Waals surface area contributed by atoms with E-state index >= 15 is 0 Å². The van der Waals surface area contributed by atoms with Crippen LogP contribution in [0.25, 0.3) is 0 Å². The number of anilines is 2. The molecule has 7 nitrogen and oxygen atoms in total. The van der Waals surface area contributed by atoms with E-state index in [0.29, 0.717) is 24.5 Å². The number of amides is 3. The Hall–Kier alpha value is -4.13. The topological polar surface area (TPSA) is 87.7 Å². The number of nitrogens with one attached hydrogen (secondary N) is 2. The maximum absolute atomic E-state index is 12.7. The van der Waals surface area contributed by atoms with Crippen molar-refractivity contribution in [2.24, 2.45) is 5.92 Å². The van der Waals surface area contributed by atoms with Crippen molar-refractivity contribution in [3.63, 3.8) is 0 Å². The molecule has 4 rings (SSSR count). The zero-order valence-electron chi connectivity index (χ0n) is 20.8. The number of carbonyl (C=O) groups excluding carboxylic acids is 3. The molecular weight excluding hydrogens is 454 g/mol. The normalized spacial score (nSPS) is 15.0. The molecule has 0 radical (unpaired) electrons. The molecule has 186 valence electrons. The SMILES string of the molecule is Cc1ccc(C)c(NC(=O)COc2ccc(N3C[C@H](C(=O)NCc4ccccc4C)CC3=O)cc2)c1. The predicted octanol–water partition coefficient (Wildman–Crippen LogP) is 4.30. The minimum atomic E-state index is -0.397. The van der Waals surface area contributed by atoms with Crippen molar-refractivity contribution in [2.45, 2.75) is 33.7 Å². The van der Waals surface area contributed by atoms with Gasteiger partial charge in [0.25, 0.3) is 5.91 Å². The minimum Gasteiger partial charge on any atom is -0.484 e. The smallest absolute Gasteiger partial charge is 0.262 e. The van der Waals surface area contributed by atoms with Gasteiger partial charge >= 0.3 is 0 Å². The van der Waals surface area contributed by atoms with Crippen LogP contribution in [0, 0.1) is 26.7 Å². The van der Waals surface area contributed by atoms with Crippen LogP contribution in [0.2, 0.25) is 0 Å². The van der Waals surface area contributed by atoms with Crippen molar-refractivity contribution in [1.29, 1.82) is 0 Å². The zero-order chi connectivity index (χ0) is 25.7. The van der Waals surface area contributed by atoms with Crippen LogP contribution in [-0.4, -0.2) is 30.9 Å². The van der Waals surface area contributed by atoms with Gasteiger partial charge in [0.2, 0.25) is 11.8 Å². The number of carbonyl (C=O) groups is 3. The van der Waals surface area contributed by atoms with Crippen molar-refractivity contribution in [1.82, 2.24) is 5.32 Å². The molecule has 1 atom stereocenters. The van der Waals surface area contributed by atoms with Crippen LogP contribution in [0.1, 0.15) is 28.7 Å². The summed E-state index contributed by atoms with van der Waals surface area (Å²) in [7, 11) is 0. The lowest BCUT2D eigenvalue weighted by molar-refractivity contribution is -0.126. The first-order valence-electron chi connectivity index (χ1n) is 12.0. The zero-order valence-corrected chi connectivity index (χ0v) is 20.8. The standard InChI is InChI=1S/C29H31N3O4/c1-19-8-9-21(3)26(14-19)31-27(33)18-36-25-12-10-24(11-13-25)32-17-23(15-28(32)34)29(35)30-16-22-7-5-4-6-20(22)2/h4-14,23H,15-18H2,1-3H3,(H,30,35)(H,31,33)/t23-/m1/s1. The summed E-state index contributed by atoms with van der Waals surface area (Å²) in [4.78, 5) is 39.2. The van der Waals surface area contributed by atoms with Crippen molar-refractivity contribution in [3.8, 4) is 5.75 Å². The van der Waals surface area contributed by atoms with Gasteiger partial charge in [0.1, 0.15) is 5.75 Å². The maximum atomic E-state index is 12.7. The number of ether oxygens (including phenoxy) is 1. The van der Waals surface area contributed by atoms with E-state index in [-0.39, 0.29) is 30.7 Å². The van der Waals surface area contributed by atoms with Gasteiger partial charge in [-0.2, -0.15) is 0 Å². The fourth-order valence-electron chi connectivity index (χ4n) is 4.20. The van der Waals surface area contributed by atoms with Crippen LogP contribution in [0.5, 0.6) is 5.75 Å². The Bertz CT molecular complexity index is 1270. The molecule has 3 aromatic carbocycles. The first-order valence-corrected chi connectivity index (χ1v) is 12.0. The highest BCUT2D eigenvalue weighted by Crippen LogP contribution is 2.27. The lowest BCUT2D eigenvalue weighted by Crippen LogP contribution is -2.32. The lowest BCUT2D eigenvalue weighted by Gasteiger charge is -2.17. The number of hydrogen-bond acceptors (Lipinski definition) is 4. The highest BCUT2D eigenvalue weighted by Gasteiger charge is 2.35. The first-order chi connectivity index (χ1) is 17.3. The Labute approximate surface area is 211 Å². The fourth-order valence-corrected chi connectivity index (χ4v) is 4.20. The largest absolute Gasteiger partial charge is 0.484 e. The molecule has 1 fully saturated rings. The Kier molecular flexibility index (Phi) is 7.68. The van der Waals surface area contributed by atoms with E-state index in [0.717, 1.165) is 27.9 Å². The molecular formula is C29H31N3O4. The van der Waals surface area contributed by atoms with Gasteiger partial charge in [-0.25, -0.2) is 0 Å². The summed E-state index contributed by atoms with van der Waals surface area (Å²) in [6.07, 6.45) is 0.177. The summed E-state index contributed by atoms with van der Waals surface area (Å²) in [5.41, 5.74) is 5.69. The van der Waals surface area contributed by atoms with Crippen LogP contribution in [0.4, 0.5) is 11.4 Å². The second-order valence-electron chi connectivity index (χ2n) is 9.20. The molecule has 1 saturated heterocycles. The van der Waals surface area contributed by atoms with Gasteiger partial charge in [0, 0.05) is 30.9 Å². The third-order valence-corrected chi connectivity index (χ3v) is 6.40. The Morgan fingerprint density at radius 3 is 2.47 bits per heavy atom. The molecule has 1 aliphatic rings. The first kappa shape index (κ1) is 25.0. The van der Waals surface area contributed by atoms with Gasteiger partial charge in [-0.1, -0.05) is 36.4 Å². The van der Waals surface area contributed by atoms with Gasteiger partial charge in [-0.3, -0.25) is 14.4 Å². The van der Waals surface area contributed by atoms with Crippen molar-refractivity contribution in [2.75, 3.05) is 23.4 Å². The highest BCUT2D eigenvalue weighted by atomic mass is 16.5. The summed E-state index contributed by atoms with van der Waals surface area (Å²) < 4.78 is 5.62. The van der Waals surface area contributed by atoms with Gasteiger partial charge in [0.15, 0.2) is 6.61 Å². The van der Waals surface area contributed by atoms with Crippen LogP contribution in [0.3, 0.4) is 0 Å². The molecule has 0 spiro atoms. The number of aryl methyl sites for hydroxylation is 3. The van der Waals surface area contributed by atoms with Crippen molar-refractivity contribution < 1.29 is 19.1 Å². The quantitative estimate of drug-likeness (QED) is 0.498. The van der Waals surface area contributed by atoms with E-state index < -0.39 is 5.92 Å². The summed E-state index contributed by atoms with van der Waals surface area (Å²) in [6, 6.07) is 20.8. The Morgan fingerprint density at radius 1 is 0.972 bits per heavy atom. The van der Waals surface area contributed by atoms with E-state index in [9.17, 15) is 14.4 Å². The van der Waals surface area contributed by atoms with Crippen molar-refractivity contribution >= 4 is 29.1 Å². The summed E-state index contributed by atoms with van der Waals surface area (Å²) in [5.74, 6) is -0.334. The third kappa shape index (κ3) is 6.10. The summed E-state index contributed by atoms with van der Waals surface area (Å²) in [5, 5.41) is 5.83. The molecule has 1 heterocycles. The Morgan fingerprint density at radius 2 is 1.72 bits per heavy atom. The van der Waals surface area contributed by atoms with Crippen molar-refractivity contribution in [3.05, 3.63) is 89.0 Å². The second-order valence-corrected chi connectivity index (χ2v) is 9.20. The molecule has 3 aromatic rings. The van der Waals surface area contributed by atoms with Gasteiger partial charge in [-0.15, -0.1) is 0 Å². The molecule has 3 amide bonds. The number of nitrogens with zero attached hydrogens (tertiary/aromatic N) is 1. The molecule has 2 N–H and O–H groups in total. The lowest BCUT2D eigenvalue weighted by atomic mass is 10.1. The fraction of sp³-hybridized carbons (Fsp3) is 0.276. The highest BCUT2D eigenvalue weighted by molar-refractivity contribution is 6.00. The molecule has 0 saturated carbocycles. The van der Waals surface area contributed by atoms with Gasteiger partial charge in [0.05, 0.1) is 5.92 Å². The van der Waals surface area contributed by atoms with E-state index in [1.807, 2.05) is 63.2 Å². The minimum absolute atomic E-state index is 0.0902. The monoisotopic (exact) mass is 485 g/mol.